The minimum atomic E-state index is -0.336. The molecule has 2 aliphatic heterocycles. The Morgan fingerprint density at radius 2 is 2.25 bits per heavy atom. The second kappa shape index (κ2) is 3.57. The maximum atomic E-state index is 12.2. The molecular weight excluding hydrogens is 268 g/mol. The number of hydrogen-bond acceptors (Lipinski definition) is 2. The maximum absolute atomic E-state index is 12.2. The zero-order valence-corrected chi connectivity index (χ0v) is 10.4. The molecule has 4 heteroatoms. The second-order valence-electron chi connectivity index (χ2n) is 4.51. The highest BCUT2D eigenvalue weighted by molar-refractivity contribution is 9.10. The number of halogens is 1. The van der Waals surface area contributed by atoms with Gasteiger partial charge < -0.3 is 10.6 Å². The lowest BCUT2D eigenvalue weighted by atomic mass is 9.76. The van der Waals surface area contributed by atoms with Gasteiger partial charge in [0, 0.05) is 16.7 Å². The fraction of sp³-hybridized carbons (Fsp3) is 0.417. The topological polar surface area (TPSA) is 41.1 Å². The normalized spacial score (nSPS) is 27.9. The molecule has 1 saturated heterocycles. The number of hydrogen-bond donors (Lipinski definition) is 2. The van der Waals surface area contributed by atoms with Crippen LogP contribution >= 0.6 is 15.9 Å². The first-order valence-electron chi connectivity index (χ1n) is 5.55. The van der Waals surface area contributed by atoms with Crippen molar-refractivity contribution in [1.29, 1.82) is 0 Å². The van der Waals surface area contributed by atoms with Crippen molar-refractivity contribution in [3.8, 4) is 0 Å². The summed E-state index contributed by atoms with van der Waals surface area (Å²) < 4.78 is 1.03. The van der Waals surface area contributed by atoms with E-state index in [0.717, 1.165) is 41.7 Å². The summed E-state index contributed by atoms with van der Waals surface area (Å²) in [5.74, 6) is 0.146. The zero-order chi connectivity index (χ0) is 11.2. The van der Waals surface area contributed by atoms with Gasteiger partial charge in [-0.3, -0.25) is 4.79 Å². The number of nitrogens with one attached hydrogen (secondary N) is 2. The van der Waals surface area contributed by atoms with Crippen LogP contribution < -0.4 is 10.6 Å². The summed E-state index contributed by atoms with van der Waals surface area (Å²) >= 11 is 3.48. The molecule has 1 aromatic rings. The minimum absolute atomic E-state index is 0.146. The quantitative estimate of drug-likeness (QED) is 0.764. The summed E-state index contributed by atoms with van der Waals surface area (Å²) in [7, 11) is 0. The Hall–Kier alpha value is -0.870. The number of piperidine rings is 1. The lowest BCUT2D eigenvalue weighted by Crippen LogP contribution is -2.47. The van der Waals surface area contributed by atoms with E-state index in [0.29, 0.717) is 0 Å². The first kappa shape index (κ1) is 10.3. The molecule has 3 nitrogen and oxygen atoms in total. The van der Waals surface area contributed by atoms with E-state index in [-0.39, 0.29) is 11.3 Å². The smallest absolute Gasteiger partial charge is 0.236 e. The fourth-order valence-electron chi connectivity index (χ4n) is 2.71. The number of amides is 1. The number of carbonyl (C=O) groups excluding carboxylic acids is 1. The van der Waals surface area contributed by atoms with Crippen LogP contribution in [0.1, 0.15) is 18.4 Å². The Kier molecular flexibility index (Phi) is 2.30. The molecule has 2 aliphatic rings. The molecule has 1 fully saturated rings. The maximum Gasteiger partial charge on any atom is 0.236 e. The molecule has 3 rings (SSSR count). The molecule has 1 amide bonds. The standard InChI is InChI=1S/C12H13BrN2O/c13-8-2-3-10-9(6-8)12(11(16)15-10)4-1-5-14-7-12/h2-3,6,14H,1,4-5,7H2,(H,15,16). The van der Waals surface area contributed by atoms with E-state index in [1.54, 1.807) is 0 Å². The Labute approximate surface area is 103 Å². The summed E-state index contributed by atoms with van der Waals surface area (Å²) in [6.45, 7) is 1.76. The van der Waals surface area contributed by atoms with Gasteiger partial charge in [-0.15, -0.1) is 0 Å². The molecule has 1 aromatic carbocycles. The lowest BCUT2D eigenvalue weighted by Gasteiger charge is -2.32. The van der Waals surface area contributed by atoms with E-state index >= 15 is 0 Å². The average molecular weight is 281 g/mol. The average Bonchev–Trinajstić information content (AvgIpc) is 2.55. The van der Waals surface area contributed by atoms with Crippen molar-refractivity contribution in [3.63, 3.8) is 0 Å². The predicted molar refractivity (Wildman–Crippen MR) is 66.6 cm³/mol. The fourth-order valence-corrected chi connectivity index (χ4v) is 3.08. The molecule has 0 aromatic heterocycles. The number of benzene rings is 1. The predicted octanol–water partition coefficient (Wildman–Crippen LogP) is 2.02. The van der Waals surface area contributed by atoms with Gasteiger partial charge in [-0.1, -0.05) is 15.9 Å². The monoisotopic (exact) mass is 280 g/mol. The minimum Gasteiger partial charge on any atom is -0.325 e. The molecule has 0 radical (unpaired) electrons. The van der Waals surface area contributed by atoms with Gasteiger partial charge in [0.25, 0.3) is 0 Å². The third-order valence-corrected chi connectivity index (χ3v) is 4.06. The van der Waals surface area contributed by atoms with Crippen molar-refractivity contribution in [2.45, 2.75) is 18.3 Å². The van der Waals surface area contributed by atoms with E-state index in [9.17, 15) is 4.79 Å². The van der Waals surface area contributed by atoms with Gasteiger partial charge in [-0.05, 0) is 43.1 Å². The number of fused-ring (bicyclic) bond motifs is 2. The number of rotatable bonds is 0. The van der Waals surface area contributed by atoms with E-state index in [1.807, 2.05) is 12.1 Å². The second-order valence-corrected chi connectivity index (χ2v) is 5.42. The van der Waals surface area contributed by atoms with Crippen LogP contribution in [0.25, 0.3) is 0 Å². The van der Waals surface area contributed by atoms with Crippen LogP contribution in [-0.2, 0) is 10.2 Å². The molecule has 2 N–H and O–H groups in total. The third-order valence-electron chi connectivity index (χ3n) is 3.56. The summed E-state index contributed by atoms with van der Waals surface area (Å²) in [5.41, 5.74) is 1.77. The molecule has 1 spiro atoms. The molecule has 1 unspecified atom stereocenters. The Bertz CT molecular complexity index is 452. The summed E-state index contributed by atoms with van der Waals surface area (Å²) in [4.78, 5) is 12.2. The van der Waals surface area contributed by atoms with Crippen LogP contribution in [0.5, 0.6) is 0 Å². The van der Waals surface area contributed by atoms with Crippen molar-refractivity contribution in [2.24, 2.45) is 0 Å². The van der Waals surface area contributed by atoms with Crippen LogP contribution in [-0.4, -0.2) is 19.0 Å². The summed E-state index contributed by atoms with van der Waals surface area (Å²) in [6.07, 6.45) is 1.99. The van der Waals surface area contributed by atoms with Crippen LogP contribution in [0.4, 0.5) is 5.69 Å². The SMILES string of the molecule is O=C1Nc2ccc(Br)cc2C12CCCNC2. The molecule has 0 bridgehead atoms. The molecule has 1 atom stereocenters. The van der Waals surface area contributed by atoms with Gasteiger partial charge in [0.2, 0.25) is 5.91 Å². The van der Waals surface area contributed by atoms with Gasteiger partial charge in [-0.25, -0.2) is 0 Å². The van der Waals surface area contributed by atoms with Crippen molar-refractivity contribution >= 4 is 27.5 Å². The van der Waals surface area contributed by atoms with E-state index in [4.69, 9.17) is 0 Å². The van der Waals surface area contributed by atoms with Gasteiger partial charge in [0.05, 0.1) is 5.41 Å². The largest absolute Gasteiger partial charge is 0.325 e. The molecule has 0 saturated carbocycles. The van der Waals surface area contributed by atoms with Crippen LogP contribution in [0.2, 0.25) is 0 Å². The van der Waals surface area contributed by atoms with E-state index in [1.165, 1.54) is 0 Å². The van der Waals surface area contributed by atoms with Crippen LogP contribution in [0.3, 0.4) is 0 Å². The molecule has 0 aliphatic carbocycles. The van der Waals surface area contributed by atoms with E-state index < -0.39 is 0 Å². The summed E-state index contributed by atoms with van der Waals surface area (Å²) in [5, 5.41) is 6.32. The molecule has 2 heterocycles. The Morgan fingerprint density at radius 3 is 3.00 bits per heavy atom. The van der Waals surface area contributed by atoms with Crippen molar-refractivity contribution in [2.75, 3.05) is 18.4 Å². The number of anilines is 1. The van der Waals surface area contributed by atoms with Crippen molar-refractivity contribution in [3.05, 3.63) is 28.2 Å². The van der Waals surface area contributed by atoms with Crippen LogP contribution in [0, 0.1) is 0 Å². The first-order chi connectivity index (χ1) is 7.72. The third kappa shape index (κ3) is 1.33. The first-order valence-corrected chi connectivity index (χ1v) is 6.34. The molecule has 84 valence electrons. The Morgan fingerprint density at radius 1 is 1.38 bits per heavy atom. The van der Waals surface area contributed by atoms with Crippen molar-refractivity contribution in [1.82, 2.24) is 5.32 Å². The van der Waals surface area contributed by atoms with Crippen LogP contribution in [0.15, 0.2) is 22.7 Å². The zero-order valence-electron chi connectivity index (χ0n) is 8.85. The van der Waals surface area contributed by atoms with Gasteiger partial charge in [-0.2, -0.15) is 0 Å². The molecular formula is C12H13BrN2O. The van der Waals surface area contributed by atoms with Gasteiger partial charge in [0.1, 0.15) is 0 Å². The Balaban J connectivity index is 2.13. The van der Waals surface area contributed by atoms with Crippen molar-refractivity contribution < 1.29 is 4.79 Å². The highest BCUT2D eigenvalue weighted by atomic mass is 79.9. The summed E-state index contributed by atoms with van der Waals surface area (Å²) in [6, 6.07) is 6.01. The number of carbonyl (C=O) groups is 1. The lowest BCUT2D eigenvalue weighted by molar-refractivity contribution is -0.121. The van der Waals surface area contributed by atoms with Gasteiger partial charge in [0.15, 0.2) is 0 Å². The highest BCUT2D eigenvalue weighted by Gasteiger charge is 2.47. The van der Waals surface area contributed by atoms with Gasteiger partial charge >= 0.3 is 0 Å². The van der Waals surface area contributed by atoms with E-state index in [2.05, 4.69) is 32.6 Å². The highest BCUT2D eigenvalue weighted by Crippen LogP contribution is 2.42. The molecule has 16 heavy (non-hydrogen) atoms.